The number of carbonyl (C=O) groups excluding carboxylic acids is 1. The third-order valence-electron chi connectivity index (χ3n) is 1.33. The number of ether oxygens (including phenoxy) is 2. The molecule has 0 bridgehead atoms. The van der Waals surface area contributed by atoms with Crippen molar-refractivity contribution in [1.29, 1.82) is 5.26 Å². The van der Waals surface area contributed by atoms with E-state index in [4.69, 9.17) is 10.00 Å². The lowest BCUT2D eigenvalue weighted by atomic mass is 10.1. The lowest BCUT2D eigenvalue weighted by Gasteiger charge is -2.11. The predicted octanol–water partition coefficient (Wildman–Crippen LogP) is 2.10. The van der Waals surface area contributed by atoms with Gasteiger partial charge in [-0.3, -0.25) is 0 Å². The summed E-state index contributed by atoms with van der Waals surface area (Å²) in [6, 6.07) is 1.90. The van der Waals surface area contributed by atoms with E-state index in [1.54, 1.807) is 6.92 Å². The van der Waals surface area contributed by atoms with E-state index in [0.29, 0.717) is 12.3 Å². The van der Waals surface area contributed by atoms with E-state index in [9.17, 15) is 4.79 Å². The fraction of sp³-hybridized carbons (Fsp3) is 0.778. The molecule has 0 radical (unpaired) electrons. The Morgan fingerprint density at radius 3 is 2.54 bits per heavy atom. The molecule has 0 aromatic carbocycles. The van der Waals surface area contributed by atoms with Crippen LogP contribution < -0.4 is 0 Å². The van der Waals surface area contributed by atoms with Crippen molar-refractivity contribution in [2.24, 2.45) is 5.92 Å². The molecule has 4 heteroatoms. The standard InChI is InChI=1S/C9H15NO3/c1-4-12-9(11)13-8(6-10)5-7(2)3/h7-8H,4-5H2,1-3H3. The van der Waals surface area contributed by atoms with Crippen LogP contribution in [0, 0.1) is 17.2 Å². The van der Waals surface area contributed by atoms with Gasteiger partial charge in [0.05, 0.1) is 6.61 Å². The zero-order valence-electron chi connectivity index (χ0n) is 8.24. The summed E-state index contributed by atoms with van der Waals surface area (Å²) in [5, 5.41) is 8.61. The highest BCUT2D eigenvalue weighted by Crippen LogP contribution is 2.08. The second-order valence-corrected chi connectivity index (χ2v) is 3.05. The topological polar surface area (TPSA) is 59.3 Å². The maximum atomic E-state index is 10.8. The normalized spacial score (nSPS) is 11.9. The fourth-order valence-corrected chi connectivity index (χ4v) is 0.823. The van der Waals surface area contributed by atoms with E-state index in [-0.39, 0.29) is 6.61 Å². The Morgan fingerprint density at radius 2 is 2.15 bits per heavy atom. The SMILES string of the molecule is CCOC(=O)OC(C#N)CC(C)C. The van der Waals surface area contributed by atoms with Crippen molar-refractivity contribution in [2.75, 3.05) is 6.61 Å². The average Bonchev–Trinajstić information content (AvgIpc) is 2.02. The molecule has 13 heavy (non-hydrogen) atoms. The first-order valence-corrected chi connectivity index (χ1v) is 4.33. The predicted molar refractivity (Wildman–Crippen MR) is 47.0 cm³/mol. The summed E-state index contributed by atoms with van der Waals surface area (Å²) in [6.45, 7) is 5.86. The van der Waals surface area contributed by atoms with Gasteiger partial charge in [0.1, 0.15) is 6.07 Å². The minimum atomic E-state index is -0.769. The van der Waals surface area contributed by atoms with Gasteiger partial charge < -0.3 is 9.47 Å². The Morgan fingerprint density at radius 1 is 1.54 bits per heavy atom. The maximum Gasteiger partial charge on any atom is 0.509 e. The van der Waals surface area contributed by atoms with Crippen LogP contribution >= 0.6 is 0 Å². The van der Waals surface area contributed by atoms with Crippen LogP contribution in [-0.2, 0) is 9.47 Å². The van der Waals surface area contributed by atoms with Gasteiger partial charge in [0.25, 0.3) is 0 Å². The lowest BCUT2D eigenvalue weighted by Crippen LogP contribution is -2.19. The summed E-state index contributed by atoms with van der Waals surface area (Å²) in [5.74, 6) is 0.319. The van der Waals surface area contributed by atoms with Crippen molar-refractivity contribution in [3.05, 3.63) is 0 Å². The molecule has 0 fully saturated rings. The van der Waals surface area contributed by atoms with E-state index < -0.39 is 12.3 Å². The van der Waals surface area contributed by atoms with Crippen molar-refractivity contribution in [3.63, 3.8) is 0 Å². The molecule has 1 unspecified atom stereocenters. The summed E-state index contributed by atoms with van der Waals surface area (Å²) >= 11 is 0. The first-order valence-electron chi connectivity index (χ1n) is 4.33. The van der Waals surface area contributed by atoms with Crippen LogP contribution in [0.3, 0.4) is 0 Å². The summed E-state index contributed by atoms with van der Waals surface area (Å²) in [5.41, 5.74) is 0. The zero-order valence-corrected chi connectivity index (χ0v) is 8.24. The van der Waals surface area contributed by atoms with E-state index in [2.05, 4.69) is 4.74 Å². The second kappa shape index (κ2) is 6.30. The van der Waals surface area contributed by atoms with Crippen LogP contribution in [0.2, 0.25) is 0 Å². The molecule has 0 aromatic heterocycles. The third-order valence-corrected chi connectivity index (χ3v) is 1.33. The molecule has 74 valence electrons. The fourth-order valence-electron chi connectivity index (χ4n) is 0.823. The molecule has 4 nitrogen and oxygen atoms in total. The van der Waals surface area contributed by atoms with Gasteiger partial charge in [-0.25, -0.2) is 4.79 Å². The minimum absolute atomic E-state index is 0.263. The second-order valence-electron chi connectivity index (χ2n) is 3.05. The first-order chi connectivity index (χ1) is 6.10. The molecule has 0 heterocycles. The van der Waals surface area contributed by atoms with Crippen LogP contribution in [-0.4, -0.2) is 18.9 Å². The molecule has 0 saturated carbocycles. The van der Waals surface area contributed by atoms with Gasteiger partial charge in [-0.15, -0.1) is 0 Å². The highest BCUT2D eigenvalue weighted by atomic mass is 16.7. The van der Waals surface area contributed by atoms with Crippen molar-refractivity contribution in [3.8, 4) is 6.07 Å². The molecule has 0 aromatic rings. The highest BCUT2D eigenvalue weighted by Gasteiger charge is 2.15. The number of nitrogens with zero attached hydrogens (tertiary/aromatic N) is 1. The third kappa shape index (κ3) is 5.97. The Bertz CT molecular complexity index is 196. The Kier molecular flexibility index (Phi) is 5.69. The van der Waals surface area contributed by atoms with Crippen LogP contribution in [0.15, 0.2) is 0 Å². The average molecular weight is 185 g/mol. The van der Waals surface area contributed by atoms with Gasteiger partial charge in [-0.2, -0.15) is 5.26 Å². The smallest absolute Gasteiger partial charge is 0.435 e. The molecular formula is C9H15NO3. The van der Waals surface area contributed by atoms with Gasteiger partial charge in [-0.05, 0) is 12.8 Å². The number of nitriles is 1. The van der Waals surface area contributed by atoms with E-state index in [1.165, 1.54) is 0 Å². The molecule has 0 rings (SSSR count). The molecule has 0 saturated heterocycles. The molecule has 0 spiro atoms. The van der Waals surface area contributed by atoms with Gasteiger partial charge >= 0.3 is 6.16 Å². The summed E-state index contributed by atoms with van der Waals surface area (Å²) in [6.07, 6.45) is -0.927. The summed E-state index contributed by atoms with van der Waals surface area (Å²) in [7, 11) is 0. The molecular weight excluding hydrogens is 170 g/mol. The molecule has 0 aliphatic rings. The largest absolute Gasteiger partial charge is 0.509 e. The van der Waals surface area contributed by atoms with Gasteiger partial charge in [-0.1, -0.05) is 13.8 Å². The quantitative estimate of drug-likeness (QED) is 0.629. The summed E-state index contributed by atoms with van der Waals surface area (Å²) in [4.78, 5) is 10.8. The van der Waals surface area contributed by atoms with Gasteiger partial charge in [0, 0.05) is 6.42 Å². The van der Waals surface area contributed by atoms with Crippen LogP contribution in [0.4, 0.5) is 4.79 Å². The molecule has 0 N–H and O–H groups in total. The number of carbonyl (C=O) groups is 1. The Labute approximate surface area is 78.4 Å². The van der Waals surface area contributed by atoms with Crippen LogP contribution in [0.1, 0.15) is 27.2 Å². The van der Waals surface area contributed by atoms with Crippen molar-refractivity contribution >= 4 is 6.16 Å². The summed E-state index contributed by atoms with van der Waals surface area (Å²) < 4.78 is 9.27. The highest BCUT2D eigenvalue weighted by molar-refractivity contribution is 5.60. The number of hydrogen-bond acceptors (Lipinski definition) is 4. The van der Waals surface area contributed by atoms with Gasteiger partial charge in [0.15, 0.2) is 6.10 Å². The monoisotopic (exact) mass is 185 g/mol. The number of hydrogen-bond donors (Lipinski definition) is 0. The van der Waals surface area contributed by atoms with E-state index >= 15 is 0 Å². The van der Waals surface area contributed by atoms with Crippen molar-refractivity contribution < 1.29 is 14.3 Å². The van der Waals surface area contributed by atoms with Crippen molar-refractivity contribution in [1.82, 2.24) is 0 Å². The van der Waals surface area contributed by atoms with E-state index in [0.717, 1.165) is 0 Å². The molecule has 1 atom stereocenters. The molecule has 0 amide bonds. The van der Waals surface area contributed by atoms with Gasteiger partial charge in [0.2, 0.25) is 0 Å². The Balaban J connectivity index is 3.85. The zero-order chi connectivity index (χ0) is 10.3. The van der Waals surface area contributed by atoms with Crippen LogP contribution in [0.25, 0.3) is 0 Å². The Hall–Kier alpha value is -1.24. The first kappa shape index (κ1) is 11.8. The number of rotatable bonds is 4. The lowest BCUT2D eigenvalue weighted by molar-refractivity contribution is 0.0372. The van der Waals surface area contributed by atoms with Crippen LogP contribution in [0.5, 0.6) is 0 Å². The minimum Gasteiger partial charge on any atom is -0.435 e. The maximum absolute atomic E-state index is 10.8. The molecule has 0 aliphatic carbocycles. The molecule has 0 aliphatic heterocycles. The van der Waals surface area contributed by atoms with Crippen molar-refractivity contribution in [2.45, 2.75) is 33.3 Å². The van der Waals surface area contributed by atoms with E-state index in [1.807, 2.05) is 19.9 Å².